The van der Waals surface area contributed by atoms with Gasteiger partial charge in [-0.25, -0.2) is 10.8 Å². The molecule has 1 heterocycles. The van der Waals surface area contributed by atoms with E-state index in [1.807, 2.05) is 12.1 Å². The summed E-state index contributed by atoms with van der Waals surface area (Å²) in [6, 6.07) is 5.45. The van der Waals surface area contributed by atoms with E-state index >= 15 is 0 Å². The van der Waals surface area contributed by atoms with Gasteiger partial charge in [-0.1, -0.05) is 27.9 Å². The number of hydrogen-bond acceptors (Lipinski definition) is 3. The number of nitrogens with two attached hydrogens (primary N) is 1. The first-order valence-electron chi connectivity index (χ1n) is 3.35. The second kappa shape index (κ2) is 4.75. The van der Waals surface area contributed by atoms with Gasteiger partial charge < -0.3 is 5.43 Å². The van der Waals surface area contributed by atoms with E-state index in [4.69, 9.17) is 5.84 Å². The number of pyridine rings is 1. The van der Waals surface area contributed by atoms with Gasteiger partial charge in [0.05, 0.1) is 5.33 Å². The molecule has 0 radical (unpaired) electrons. The van der Waals surface area contributed by atoms with Crippen LogP contribution in [0, 0.1) is 11.8 Å². The van der Waals surface area contributed by atoms with E-state index in [-0.39, 0.29) is 0 Å². The predicted molar refractivity (Wildman–Crippen MR) is 52.7 cm³/mol. The third-order valence-corrected chi connectivity index (χ3v) is 1.46. The highest BCUT2D eigenvalue weighted by Crippen LogP contribution is 2.01. The van der Waals surface area contributed by atoms with E-state index in [0.29, 0.717) is 16.8 Å². The van der Waals surface area contributed by atoms with Crippen molar-refractivity contribution in [1.29, 1.82) is 0 Å². The van der Waals surface area contributed by atoms with E-state index in [0.717, 1.165) is 0 Å². The van der Waals surface area contributed by atoms with E-state index in [1.165, 1.54) is 0 Å². The van der Waals surface area contributed by atoms with E-state index in [9.17, 15) is 0 Å². The number of halogens is 1. The van der Waals surface area contributed by atoms with Crippen molar-refractivity contribution in [2.24, 2.45) is 5.84 Å². The quantitative estimate of drug-likeness (QED) is 0.326. The number of hydrazine groups is 1. The van der Waals surface area contributed by atoms with Crippen molar-refractivity contribution in [3.8, 4) is 11.8 Å². The van der Waals surface area contributed by atoms with Gasteiger partial charge >= 0.3 is 0 Å². The first-order chi connectivity index (χ1) is 5.86. The third kappa shape index (κ3) is 2.53. The summed E-state index contributed by atoms with van der Waals surface area (Å²) in [4.78, 5) is 4.10. The van der Waals surface area contributed by atoms with Crippen LogP contribution >= 0.6 is 15.9 Å². The van der Waals surface area contributed by atoms with Gasteiger partial charge in [-0.2, -0.15) is 0 Å². The van der Waals surface area contributed by atoms with E-state index < -0.39 is 0 Å². The van der Waals surface area contributed by atoms with Crippen molar-refractivity contribution in [2.45, 2.75) is 0 Å². The molecule has 0 aliphatic heterocycles. The number of anilines is 1. The second-order valence-electron chi connectivity index (χ2n) is 1.99. The van der Waals surface area contributed by atoms with Crippen LogP contribution in [0.25, 0.3) is 0 Å². The molecule has 1 rings (SSSR count). The molecular weight excluding hydrogens is 218 g/mol. The van der Waals surface area contributed by atoms with Crippen LogP contribution in [0.5, 0.6) is 0 Å². The topological polar surface area (TPSA) is 50.9 Å². The van der Waals surface area contributed by atoms with Crippen molar-refractivity contribution in [3.05, 3.63) is 23.9 Å². The van der Waals surface area contributed by atoms with Crippen molar-refractivity contribution in [3.63, 3.8) is 0 Å². The molecule has 0 bridgehead atoms. The number of rotatable bonds is 1. The zero-order valence-corrected chi connectivity index (χ0v) is 7.93. The minimum Gasteiger partial charge on any atom is -0.308 e. The molecule has 1 aromatic rings. The third-order valence-electron chi connectivity index (χ3n) is 1.18. The minimum absolute atomic E-state index is 0.622. The van der Waals surface area contributed by atoms with Crippen molar-refractivity contribution < 1.29 is 0 Å². The number of alkyl halides is 1. The molecule has 4 heteroatoms. The van der Waals surface area contributed by atoms with Crippen LogP contribution in [0.1, 0.15) is 5.69 Å². The Balaban J connectivity index is 2.86. The SMILES string of the molecule is NNc1cccc(C#CCBr)n1. The van der Waals surface area contributed by atoms with Gasteiger partial charge in [0.25, 0.3) is 0 Å². The van der Waals surface area contributed by atoms with Gasteiger partial charge in [0, 0.05) is 0 Å². The fourth-order valence-corrected chi connectivity index (χ4v) is 0.849. The number of nitrogens with zero attached hydrogens (tertiary/aromatic N) is 1. The second-order valence-corrected chi connectivity index (χ2v) is 2.55. The van der Waals surface area contributed by atoms with Crippen LogP contribution < -0.4 is 11.3 Å². The molecule has 0 unspecified atom stereocenters. The van der Waals surface area contributed by atoms with Crippen LogP contribution in [0.4, 0.5) is 5.82 Å². The fraction of sp³-hybridized carbons (Fsp3) is 0.125. The Morgan fingerprint density at radius 2 is 2.42 bits per heavy atom. The minimum atomic E-state index is 0.622. The molecule has 0 aromatic carbocycles. The molecule has 0 atom stereocenters. The molecule has 0 aliphatic carbocycles. The molecule has 0 amide bonds. The Morgan fingerprint density at radius 1 is 1.58 bits per heavy atom. The molecule has 62 valence electrons. The maximum atomic E-state index is 5.18. The first-order valence-corrected chi connectivity index (χ1v) is 4.47. The highest BCUT2D eigenvalue weighted by atomic mass is 79.9. The molecule has 12 heavy (non-hydrogen) atoms. The molecule has 0 spiro atoms. The maximum Gasteiger partial charge on any atom is 0.141 e. The Morgan fingerprint density at radius 3 is 3.08 bits per heavy atom. The Bertz CT molecular complexity index is 314. The first kappa shape index (κ1) is 9.04. The normalized spacial score (nSPS) is 8.50. The van der Waals surface area contributed by atoms with Crippen molar-refractivity contribution in [2.75, 3.05) is 10.8 Å². The number of hydrogen-bond donors (Lipinski definition) is 2. The number of nitrogens with one attached hydrogen (secondary N) is 1. The van der Waals surface area contributed by atoms with Gasteiger partial charge in [-0.3, -0.25) is 0 Å². The van der Waals surface area contributed by atoms with Gasteiger partial charge in [-0.15, -0.1) is 0 Å². The smallest absolute Gasteiger partial charge is 0.141 e. The van der Waals surface area contributed by atoms with Crippen LogP contribution in [-0.2, 0) is 0 Å². The van der Waals surface area contributed by atoms with Crippen LogP contribution in [-0.4, -0.2) is 10.3 Å². The van der Waals surface area contributed by atoms with Crippen LogP contribution in [0.3, 0.4) is 0 Å². The number of nitrogen functional groups attached to an aromatic ring is 1. The lowest BCUT2D eigenvalue weighted by molar-refractivity contribution is 1.21. The molecular formula is C8H8BrN3. The highest BCUT2D eigenvalue weighted by Gasteiger charge is 1.90. The number of aromatic nitrogens is 1. The largest absolute Gasteiger partial charge is 0.308 e. The summed E-state index contributed by atoms with van der Waals surface area (Å²) in [5.74, 6) is 11.5. The molecule has 3 nitrogen and oxygen atoms in total. The zero-order chi connectivity index (χ0) is 8.81. The summed E-state index contributed by atoms with van der Waals surface area (Å²) in [5.41, 5.74) is 3.17. The average molecular weight is 226 g/mol. The molecule has 0 aliphatic rings. The summed E-state index contributed by atoms with van der Waals surface area (Å²) in [7, 11) is 0. The Hall–Kier alpha value is -1.05. The zero-order valence-electron chi connectivity index (χ0n) is 6.34. The summed E-state index contributed by atoms with van der Waals surface area (Å²) in [5, 5.41) is 0.648. The van der Waals surface area contributed by atoms with E-state index in [2.05, 4.69) is 38.2 Å². The van der Waals surface area contributed by atoms with Crippen molar-refractivity contribution in [1.82, 2.24) is 4.98 Å². The maximum absolute atomic E-state index is 5.18. The van der Waals surface area contributed by atoms with Gasteiger partial charge in [-0.05, 0) is 18.1 Å². The van der Waals surface area contributed by atoms with E-state index in [1.54, 1.807) is 6.07 Å². The summed E-state index contributed by atoms with van der Waals surface area (Å²) in [6.45, 7) is 0. The highest BCUT2D eigenvalue weighted by molar-refractivity contribution is 9.09. The lowest BCUT2D eigenvalue weighted by atomic mass is 10.3. The molecule has 1 aromatic heterocycles. The van der Waals surface area contributed by atoms with Crippen LogP contribution in [0.15, 0.2) is 18.2 Å². The molecule has 0 fully saturated rings. The molecule has 0 saturated carbocycles. The fourth-order valence-electron chi connectivity index (χ4n) is 0.709. The van der Waals surface area contributed by atoms with Crippen molar-refractivity contribution >= 4 is 21.7 Å². The summed E-state index contributed by atoms with van der Waals surface area (Å²) in [6.07, 6.45) is 0. The summed E-state index contributed by atoms with van der Waals surface area (Å²) < 4.78 is 0. The Labute approximate surface area is 79.5 Å². The van der Waals surface area contributed by atoms with Gasteiger partial charge in [0.2, 0.25) is 0 Å². The average Bonchev–Trinajstić information content (AvgIpc) is 2.15. The standard InChI is InChI=1S/C8H8BrN3/c9-6-2-4-7-3-1-5-8(11-7)12-10/h1,3,5H,6,10H2,(H,11,12). The molecule has 3 N–H and O–H groups in total. The lowest BCUT2D eigenvalue weighted by Gasteiger charge is -1.96. The Kier molecular flexibility index (Phi) is 3.58. The van der Waals surface area contributed by atoms with Gasteiger partial charge in [0.1, 0.15) is 11.5 Å². The monoisotopic (exact) mass is 225 g/mol. The molecule has 0 saturated heterocycles. The van der Waals surface area contributed by atoms with Crippen LogP contribution in [0.2, 0.25) is 0 Å². The predicted octanol–water partition coefficient (Wildman–Crippen LogP) is 1.11. The lowest BCUT2D eigenvalue weighted by Crippen LogP contribution is -2.08. The van der Waals surface area contributed by atoms with Gasteiger partial charge in [0.15, 0.2) is 0 Å². The summed E-state index contributed by atoms with van der Waals surface area (Å²) >= 11 is 3.20.